The van der Waals surface area contributed by atoms with Gasteiger partial charge in [0.25, 0.3) is 0 Å². The Morgan fingerprint density at radius 1 is 1.89 bits per heavy atom. The van der Waals surface area contributed by atoms with E-state index in [4.69, 9.17) is 16.9 Å². The Morgan fingerprint density at radius 3 is 2.56 bits per heavy atom. The topological polar surface area (TPSA) is 66.4 Å². The van der Waals surface area contributed by atoms with Crippen molar-refractivity contribution in [2.24, 2.45) is 0 Å². The van der Waals surface area contributed by atoms with Crippen LogP contribution >= 0.6 is 19.7 Å². The van der Waals surface area contributed by atoms with Crippen LogP contribution in [-0.4, -0.2) is 17.1 Å². The molecule has 1 unspecified atom stereocenters. The summed E-state index contributed by atoms with van der Waals surface area (Å²) in [4.78, 5) is 11.8. The predicted molar refractivity (Wildman–Crippen MR) is 31.9 cm³/mol. The van der Waals surface area contributed by atoms with Crippen molar-refractivity contribution in [1.82, 2.24) is 4.84 Å². The number of halogens is 1. The van der Waals surface area contributed by atoms with Crippen LogP contribution in [0.25, 0.3) is 0 Å². The number of carboxylic acids is 1. The van der Waals surface area contributed by atoms with Crippen molar-refractivity contribution in [3.63, 3.8) is 0 Å². The Labute approximate surface area is 57.4 Å². The second-order valence-electron chi connectivity index (χ2n) is 1.10. The van der Waals surface area contributed by atoms with E-state index in [-0.39, 0.29) is 0 Å². The summed E-state index contributed by atoms with van der Waals surface area (Å²) in [5.41, 5.74) is 2.01. The van der Waals surface area contributed by atoms with Crippen molar-refractivity contribution in [1.29, 1.82) is 0 Å². The zero-order valence-electron chi connectivity index (χ0n) is 4.17. The number of carbonyl (C=O) groups is 1. The molecule has 0 radical (unpaired) electrons. The quantitative estimate of drug-likeness (QED) is 0.463. The van der Waals surface area contributed by atoms with Gasteiger partial charge in [0.15, 0.2) is 0 Å². The van der Waals surface area contributed by atoms with Crippen molar-refractivity contribution in [2.45, 2.75) is 6.04 Å². The normalized spacial score (nSPS) is 11.7. The number of rotatable bonds is 2. The van der Waals surface area contributed by atoms with Gasteiger partial charge in [0.05, 0.1) is 0 Å². The fraction of sp³-hybridized carbons (Fsp3) is 0.333. The van der Waals surface area contributed by atoms with Gasteiger partial charge in [-0.1, -0.05) is 0 Å². The molecule has 0 aromatic rings. The van der Waals surface area contributed by atoms with Gasteiger partial charge >= 0.3 is 56.6 Å². The monoisotopic (exact) mass is 167 g/mol. The van der Waals surface area contributed by atoms with Crippen LogP contribution in [-0.2, 0) is 9.36 Å². The Bertz CT molecular complexity index is 198. The molecule has 50 valence electrons. The van der Waals surface area contributed by atoms with Crippen LogP contribution in [0.4, 0.5) is 0 Å². The second-order valence-corrected chi connectivity index (χ2v) is 1.76. The van der Waals surface area contributed by atoms with Gasteiger partial charge in [0, 0.05) is 0 Å². The van der Waals surface area contributed by atoms with E-state index in [2.05, 4.69) is 0 Å². The van der Waals surface area contributed by atoms with E-state index in [1.807, 2.05) is 10.5 Å². The van der Waals surface area contributed by atoms with Gasteiger partial charge in [0.2, 0.25) is 0 Å². The SMILES string of the molecule is O=P#CC(NCl)C(=O)O. The summed E-state index contributed by atoms with van der Waals surface area (Å²) in [6.45, 7) is 0. The van der Waals surface area contributed by atoms with E-state index in [9.17, 15) is 9.36 Å². The fourth-order valence-corrected chi connectivity index (χ4v) is 0.683. The maximum atomic E-state index is 9.97. The molecule has 4 nitrogen and oxygen atoms in total. The first-order valence-corrected chi connectivity index (χ1v) is 3.08. The van der Waals surface area contributed by atoms with Crippen molar-refractivity contribution in [3.8, 4) is 5.63 Å². The zero-order chi connectivity index (χ0) is 7.28. The van der Waals surface area contributed by atoms with Crippen LogP contribution in [0.2, 0.25) is 0 Å². The summed E-state index contributed by atoms with van der Waals surface area (Å²) in [6.07, 6.45) is 0. The molecular weight excluding hydrogens is 164 g/mol. The van der Waals surface area contributed by atoms with Gasteiger partial charge in [-0.2, -0.15) is 0 Å². The summed E-state index contributed by atoms with van der Waals surface area (Å²) < 4.78 is 9.70. The third-order valence-corrected chi connectivity index (χ3v) is 1.12. The molecule has 0 saturated carbocycles. The van der Waals surface area contributed by atoms with Gasteiger partial charge in [-0.25, -0.2) is 0 Å². The summed E-state index contributed by atoms with van der Waals surface area (Å²) in [7, 11) is -0.478. The molecule has 1 atom stereocenters. The van der Waals surface area contributed by atoms with Crippen LogP contribution < -0.4 is 4.84 Å². The Balaban J connectivity index is 4.10. The van der Waals surface area contributed by atoms with E-state index < -0.39 is 19.9 Å². The molecule has 0 aliphatic rings. The Kier molecular flexibility index (Phi) is 4.46. The van der Waals surface area contributed by atoms with E-state index in [1.165, 1.54) is 0 Å². The third-order valence-electron chi connectivity index (χ3n) is 0.538. The number of hydrogen-bond donors (Lipinski definition) is 2. The molecule has 0 rings (SSSR count). The number of hydrogen-bond acceptors (Lipinski definition) is 3. The minimum absolute atomic E-state index is 0.478. The third kappa shape index (κ3) is 3.33. The number of aliphatic carboxylic acids is 1. The van der Waals surface area contributed by atoms with Gasteiger partial charge in [-0.3, -0.25) is 0 Å². The Hall–Kier alpha value is -0.270. The molecule has 0 heterocycles. The van der Waals surface area contributed by atoms with E-state index in [0.29, 0.717) is 0 Å². The van der Waals surface area contributed by atoms with Crippen molar-refractivity contribution < 1.29 is 14.5 Å². The first-order valence-electron chi connectivity index (χ1n) is 1.89. The van der Waals surface area contributed by atoms with Crippen LogP contribution in [0.15, 0.2) is 0 Å². The molecule has 0 saturated heterocycles. The van der Waals surface area contributed by atoms with Crippen LogP contribution in [0.5, 0.6) is 0 Å². The number of nitrogens with one attached hydrogen (secondary N) is 1. The molecule has 0 bridgehead atoms. The van der Waals surface area contributed by atoms with Crippen molar-refractivity contribution >= 4 is 25.7 Å². The molecule has 0 spiro atoms. The average molecular weight is 167 g/mol. The van der Waals surface area contributed by atoms with E-state index in [0.717, 1.165) is 0 Å². The fourth-order valence-electron chi connectivity index (χ4n) is 0.179. The van der Waals surface area contributed by atoms with Gasteiger partial charge in [0.1, 0.15) is 0 Å². The van der Waals surface area contributed by atoms with Crippen molar-refractivity contribution in [3.05, 3.63) is 0 Å². The van der Waals surface area contributed by atoms with Crippen molar-refractivity contribution in [2.75, 3.05) is 0 Å². The molecule has 0 aromatic carbocycles. The molecule has 0 aliphatic heterocycles. The molecule has 0 fully saturated rings. The minimum atomic E-state index is -1.21. The van der Waals surface area contributed by atoms with Gasteiger partial charge < -0.3 is 0 Å². The molecular formula is C3H3ClNO3P. The molecule has 9 heavy (non-hydrogen) atoms. The first kappa shape index (κ1) is 8.73. The summed E-state index contributed by atoms with van der Waals surface area (Å²) in [5, 5.41) is 8.15. The van der Waals surface area contributed by atoms with Gasteiger partial charge in [-0.05, 0) is 0 Å². The zero-order valence-corrected chi connectivity index (χ0v) is 5.82. The van der Waals surface area contributed by atoms with E-state index in [1.54, 1.807) is 0 Å². The Morgan fingerprint density at radius 2 is 2.44 bits per heavy atom. The second kappa shape index (κ2) is 4.59. The van der Waals surface area contributed by atoms with Gasteiger partial charge in [-0.15, -0.1) is 0 Å². The van der Waals surface area contributed by atoms with E-state index >= 15 is 0 Å². The molecule has 2 N–H and O–H groups in total. The molecule has 6 heteroatoms. The summed E-state index contributed by atoms with van der Waals surface area (Å²) in [6, 6.07) is -1.18. The standard InChI is InChI=1S/C3H3ClNO3P/c4-5-2(1-9-8)3(6)7/h2,5H,(H,6,7). The molecule has 0 aromatic heterocycles. The predicted octanol–water partition coefficient (Wildman–Crippen LogP) is 0.434. The van der Waals surface area contributed by atoms with Crippen LogP contribution in [0, 0.1) is 5.63 Å². The molecule has 0 amide bonds. The van der Waals surface area contributed by atoms with Crippen LogP contribution in [0.3, 0.4) is 0 Å². The summed E-state index contributed by atoms with van der Waals surface area (Å²) >= 11 is 4.90. The first-order chi connectivity index (χ1) is 4.22. The average Bonchev–Trinajstić information content (AvgIpc) is 1.82. The maximum absolute atomic E-state index is 9.97. The molecule has 0 aliphatic carbocycles. The number of carboxylic acid groups (broad SMARTS) is 1. The van der Waals surface area contributed by atoms with Crippen LogP contribution in [0.1, 0.15) is 0 Å². The summed E-state index contributed by atoms with van der Waals surface area (Å²) in [5.74, 6) is -1.21.